The molecule has 1 saturated heterocycles. The predicted molar refractivity (Wildman–Crippen MR) is 71.9 cm³/mol. The third-order valence-electron chi connectivity index (χ3n) is 3.53. The summed E-state index contributed by atoms with van der Waals surface area (Å²) in [6.07, 6.45) is 0.745. The molecule has 1 aliphatic rings. The lowest BCUT2D eigenvalue weighted by Gasteiger charge is -2.30. The van der Waals surface area contributed by atoms with Gasteiger partial charge in [0.05, 0.1) is 4.90 Å². The molecule has 0 amide bonds. The van der Waals surface area contributed by atoms with Crippen molar-refractivity contribution in [2.24, 2.45) is 5.92 Å². The number of nitrogens with one attached hydrogen (secondary N) is 2. The third kappa shape index (κ3) is 3.32. The molecule has 2 rings (SSSR count). The van der Waals surface area contributed by atoms with E-state index in [-0.39, 0.29) is 16.9 Å². The zero-order valence-corrected chi connectivity index (χ0v) is 11.9. The van der Waals surface area contributed by atoms with E-state index in [1.165, 1.54) is 12.1 Å². The van der Waals surface area contributed by atoms with Crippen molar-refractivity contribution in [3.63, 3.8) is 0 Å². The maximum Gasteiger partial charge on any atom is 0.241 e. The van der Waals surface area contributed by atoms with Gasteiger partial charge in [0.2, 0.25) is 10.0 Å². The fraction of sp³-hybridized carbons (Fsp3) is 0.538. The lowest BCUT2D eigenvalue weighted by molar-refractivity contribution is 0.328. The van der Waals surface area contributed by atoms with Crippen LogP contribution in [0.4, 0.5) is 4.39 Å². The summed E-state index contributed by atoms with van der Waals surface area (Å²) in [6.45, 7) is 5.24. The summed E-state index contributed by atoms with van der Waals surface area (Å²) in [4.78, 5) is 0.0261. The van der Waals surface area contributed by atoms with Crippen LogP contribution in [0.3, 0.4) is 0 Å². The van der Waals surface area contributed by atoms with Crippen LogP contribution in [0.25, 0.3) is 0 Å². The summed E-state index contributed by atoms with van der Waals surface area (Å²) in [5.41, 5.74) is 0.551. The van der Waals surface area contributed by atoms with E-state index in [1.807, 2.05) is 6.92 Å². The number of hydrogen-bond donors (Lipinski definition) is 2. The molecule has 1 aromatic rings. The van der Waals surface area contributed by atoms with Crippen LogP contribution in [-0.4, -0.2) is 27.5 Å². The van der Waals surface area contributed by atoms with Gasteiger partial charge in [-0.2, -0.15) is 0 Å². The molecule has 0 spiro atoms. The van der Waals surface area contributed by atoms with Gasteiger partial charge in [-0.3, -0.25) is 0 Å². The molecule has 4 nitrogen and oxygen atoms in total. The molecule has 1 aliphatic heterocycles. The average molecular weight is 286 g/mol. The van der Waals surface area contributed by atoms with Crippen LogP contribution >= 0.6 is 0 Å². The maximum absolute atomic E-state index is 13.2. The Morgan fingerprint density at radius 3 is 2.84 bits per heavy atom. The molecule has 106 valence electrons. The van der Waals surface area contributed by atoms with Crippen molar-refractivity contribution in [3.8, 4) is 0 Å². The highest BCUT2D eigenvalue weighted by atomic mass is 32.2. The van der Waals surface area contributed by atoms with Crippen molar-refractivity contribution >= 4 is 10.0 Å². The van der Waals surface area contributed by atoms with Crippen LogP contribution in [-0.2, 0) is 10.0 Å². The SMILES string of the molecule is Cc1ccc(F)cc1S(=O)(=O)N[C@H]1CCNC[C@@H]1C. The number of aryl methyl sites for hydroxylation is 1. The van der Waals surface area contributed by atoms with E-state index < -0.39 is 15.8 Å². The Balaban J connectivity index is 2.24. The normalized spacial score (nSPS) is 24.4. The summed E-state index contributed by atoms with van der Waals surface area (Å²) in [6, 6.07) is 3.72. The van der Waals surface area contributed by atoms with Crippen molar-refractivity contribution in [2.75, 3.05) is 13.1 Å². The Hall–Kier alpha value is -0.980. The number of benzene rings is 1. The Kier molecular flexibility index (Phi) is 4.23. The quantitative estimate of drug-likeness (QED) is 0.883. The van der Waals surface area contributed by atoms with E-state index >= 15 is 0 Å². The van der Waals surface area contributed by atoms with Crippen LogP contribution in [0.5, 0.6) is 0 Å². The largest absolute Gasteiger partial charge is 0.316 e. The molecule has 1 fully saturated rings. The second-order valence-electron chi connectivity index (χ2n) is 5.11. The number of rotatable bonds is 3. The Morgan fingerprint density at radius 1 is 1.42 bits per heavy atom. The van der Waals surface area contributed by atoms with E-state index in [1.54, 1.807) is 6.92 Å². The molecule has 2 N–H and O–H groups in total. The lowest BCUT2D eigenvalue weighted by atomic mass is 9.97. The molecule has 0 aromatic heterocycles. The standard InChI is InChI=1S/C13H19FN2O2S/c1-9-3-4-11(14)7-13(9)19(17,18)16-12-5-6-15-8-10(12)2/h3-4,7,10,12,15-16H,5-6,8H2,1-2H3/t10-,12-/m0/s1. The van der Waals surface area contributed by atoms with Crippen molar-refractivity contribution in [1.29, 1.82) is 0 Å². The molecule has 0 saturated carbocycles. The van der Waals surface area contributed by atoms with Gasteiger partial charge in [0.1, 0.15) is 5.82 Å². The Morgan fingerprint density at radius 2 is 2.16 bits per heavy atom. The zero-order chi connectivity index (χ0) is 14.0. The van der Waals surface area contributed by atoms with E-state index in [9.17, 15) is 12.8 Å². The van der Waals surface area contributed by atoms with E-state index in [0.29, 0.717) is 5.56 Å². The van der Waals surface area contributed by atoms with E-state index in [2.05, 4.69) is 10.0 Å². The highest BCUT2D eigenvalue weighted by Gasteiger charge is 2.27. The van der Waals surface area contributed by atoms with Crippen LogP contribution in [0, 0.1) is 18.7 Å². The molecule has 0 aliphatic carbocycles. The molecule has 2 atom stereocenters. The smallest absolute Gasteiger partial charge is 0.241 e. The van der Waals surface area contributed by atoms with E-state index in [0.717, 1.165) is 25.6 Å². The monoisotopic (exact) mass is 286 g/mol. The van der Waals surface area contributed by atoms with Crippen molar-refractivity contribution in [1.82, 2.24) is 10.0 Å². The van der Waals surface area contributed by atoms with Crippen molar-refractivity contribution in [2.45, 2.75) is 31.2 Å². The summed E-state index contributed by atoms with van der Waals surface area (Å²) < 4.78 is 40.6. The van der Waals surface area contributed by atoms with Crippen LogP contribution in [0.15, 0.2) is 23.1 Å². The molecule has 0 radical (unpaired) electrons. The molecule has 0 bridgehead atoms. The van der Waals surface area contributed by atoms with Gasteiger partial charge in [-0.05, 0) is 50.0 Å². The highest BCUT2D eigenvalue weighted by Crippen LogP contribution is 2.19. The van der Waals surface area contributed by atoms with Crippen LogP contribution in [0.1, 0.15) is 18.9 Å². The minimum atomic E-state index is -3.66. The lowest BCUT2D eigenvalue weighted by Crippen LogP contribution is -2.48. The van der Waals surface area contributed by atoms with Gasteiger partial charge in [-0.25, -0.2) is 17.5 Å². The summed E-state index contributed by atoms with van der Waals surface area (Å²) in [5.74, 6) is -0.318. The highest BCUT2D eigenvalue weighted by molar-refractivity contribution is 7.89. The van der Waals surface area contributed by atoms with Crippen LogP contribution < -0.4 is 10.0 Å². The molecule has 1 aromatic carbocycles. The van der Waals surface area contributed by atoms with Crippen molar-refractivity contribution < 1.29 is 12.8 Å². The first-order valence-electron chi connectivity index (χ1n) is 6.39. The average Bonchev–Trinajstić information content (AvgIpc) is 2.35. The number of halogens is 1. The van der Waals surface area contributed by atoms with Gasteiger partial charge < -0.3 is 5.32 Å². The molecule has 6 heteroatoms. The predicted octanol–water partition coefficient (Wildman–Crippen LogP) is 1.41. The second-order valence-corrected chi connectivity index (χ2v) is 6.79. The Bertz CT molecular complexity index is 560. The topological polar surface area (TPSA) is 58.2 Å². The minimum Gasteiger partial charge on any atom is -0.316 e. The fourth-order valence-electron chi connectivity index (χ4n) is 2.32. The zero-order valence-electron chi connectivity index (χ0n) is 11.1. The molecule has 1 heterocycles. The summed E-state index contributed by atoms with van der Waals surface area (Å²) >= 11 is 0. The Labute approximate surface area is 113 Å². The minimum absolute atomic E-state index is 0.0261. The first-order valence-corrected chi connectivity index (χ1v) is 7.87. The van der Waals surface area contributed by atoms with Gasteiger partial charge in [0, 0.05) is 6.04 Å². The van der Waals surface area contributed by atoms with Crippen molar-refractivity contribution in [3.05, 3.63) is 29.6 Å². The summed E-state index contributed by atoms with van der Waals surface area (Å²) in [5, 5.41) is 3.22. The fourth-order valence-corrected chi connectivity index (χ4v) is 3.95. The molecular weight excluding hydrogens is 267 g/mol. The number of piperidine rings is 1. The molecular formula is C13H19FN2O2S. The van der Waals surface area contributed by atoms with Gasteiger partial charge in [0.15, 0.2) is 0 Å². The summed E-state index contributed by atoms with van der Waals surface area (Å²) in [7, 11) is -3.66. The first-order chi connectivity index (χ1) is 8.90. The van der Waals surface area contributed by atoms with Gasteiger partial charge in [-0.1, -0.05) is 13.0 Å². The maximum atomic E-state index is 13.2. The third-order valence-corrected chi connectivity index (χ3v) is 5.16. The second kappa shape index (κ2) is 5.56. The van der Waals surface area contributed by atoms with Crippen LogP contribution in [0.2, 0.25) is 0 Å². The number of hydrogen-bond acceptors (Lipinski definition) is 3. The van der Waals surface area contributed by atoms with Gasteiger partial charge in [-0.15, -0.1) is 0 Å². The molecule has 0 unspecified atom stereocenters. The molecule has 19 heavy (non-hydrogen) atoms. The van der Waals surface area contributed by atoms with Gasteiger partial charge >= 0.3 is 0 Å². The van der Waals surface area contributed by atoms with E-state index in [4.69, 9.17) is 0 Å². The number of sulfonamides is 1. The van der Waals surface area contributed by atoms with Gasteiger partial charge in [0.25, 0.3) is 0 Å². The first kappa shape index (κ1) is 14.4.